The average Bonchev–Trinajstić information content (AvgIpc) is 2.38. The summed E-state index contributed by atoms with van der Waals surface area (Å²) in [6.07, 6.45) is 1.65. The molecule has 0 unspecified atom stereocenters. The van der Waals surface area contributed by atoms with Crippen LogP contribution in [0.2, 0.25) is 5.02 Å². The minimum atomic E-state index is 0.00214. The summed E-state index contributed by atoms with van der Waals surface area (Å²) < 4.78 is 0. The first-order valence-corrected chi connectivity index (χ1v) is 6.70. The second kappa shape index (κ2) is 5.89. The molecule has 0 bridgehead atoms. The Morgan fingerprint density at radius 2 is 2.00 bits per heavy atom. The van der Waals surface area contributed by atoms with Crippen molar-refractivity contribution >= 4 is 29.2 Å². The molecule has 2 aromatic rings. The molecule has 92 valence electrons. The number of aromatic nitrogens is 1. The molecule has 0 radical (unpaired) electrons. The van der Waals surface area contributed by atoms with Crippen LogP contribution in [0.3, 0.4) is 0 Å². The number of hydrogen-bond acceptors (Lipinski definition) is 3. The first-order valence-electron chi connectivity index (χ1n) is 5.33. The number of nitrogens with two attached hydrogens (primary N) is 1. The highest BCUT2D eigenvalue weighted by molar-refractivity contribution is 7.98. The zero-order valence-corrected chi connectivity index (χ0v) is 11.1. The Morgan fingerprint density at radius 3 is 2.67 bits per heavy atom. The lowest BCUT2D eigenvalue weighted by Gasteiger charge is -2.06. The summed E-state index contributed by atoms with van der Waals surface area (Å²) >= 11 is 7.49. The molecule has 0 aliphatic heterocycles. The van der Waals surface area contributed by atoms with Gasteiger partial charge in [-0.05, 0) is 35.9 Å². The van der Waals surface area contributed by atoms with Crippen molar-refractivity contribution in [2.24, 2.45) is 5.73 Å². The van der Waals surface area contributed by atoms with Gasteiger partial charge in [-0.1, -0.05) is 17.7 Å². The van der Waals surface area contributed by atoms with Crippen molar-refractivity contribution in [3.05, 3.63) is 58.9 Å². The lowest BCUT2D eigenvalue weighted by Crippen LogP contribution is -2.15. The molecule has 5 heteroatoms. The van der Waals surface area contributed by atoms with Crippen molar-refractivity contribution in [1.29, 1.82) is 5.41 Å². The normalized spacial score (nSPS) is 10.3. The zero-order chi connectivity index (χ0) is 13.0. The van der Waals surface area contributed by atoms with Gasteiger partial charge >= 0.3 is 0 Å². The summed E-state index contributed by atoms with van der Waals surface area (Å²) in [5.74, 6) is 0.729. The van der Waals surface area contributed by atoms with Gasteiger partial charge in [-0.15, -0.1) is 11.8 Å². The van der Waals surface area contributed by atoms with Crippen molar-refractivity contribution < 1.29 is 0 Å². The van der Waals surface area contributed by atoms with Crippen molar-refractivity contribution in [1.82, 2.24) is 4.98 Å². The van der Waals surface area contributed by atoms with Gasteiger partial charge in [0, 0.05) is 21.9 Å². The van der Waals surface area contributed by atoms with Crippen LogP contribution >= 0.6 is 23.4 Å². The summed E-state index contributed by atoms with van der Waals surface area (Å²) in [6, 6.07) is 11.4. The van der Waals surface area contributed by atoms with E-state index in [-0.39, 0.29) is 5.84 Å². The number of halogens is 1. The lowest BCUT2D eigenvalue weighted by molar-refractivity contribution is 1.19. The molecular formula is C13H12ClN3S. The lowest BCUT2D eigenvalue weighted by atomic mass is 10.2. The van der Waals surface area contributed by atoms with Crippen LogP contribution in [-0.2, 0) is 5.75 Å². The highest BCUT2D eigenvalue weighted by Gasteiger charge is 2.06. The average molecular weight is 278 g/mol. The first-order chi connectivity index (χ1) is 8.66. The van der Waals surface area contributed by atoms with Gasteiger partial charge in [-0.3, -0.25) is 10.4 Å². The number of nitrogens with one attached hydrogen (secondary N) is 1. The van der Waals surface area contributed by atoms with E-state index in [0.29, 0.717) is 5.69 Å². The van der Waals surface area contributed by atoms with E-state index in [1.54, 1.807) is 18.0 Å². The highest BCUT2D eigenvalue weighted by Crippen LogP contribution is 2.24. The van der Waals surface area contributed by atoms with Crippen LogP contribution < -0.4 is 5.73 Å². The third kappa shape index (κ3) is 3.24. The molecule has 0 aliphatic carbocycles. The van der Waals surface area contributed by atoms with Crippen molar-refractivity contribution in [2.45, 2.75) is 10.6 Å². The maximum absolute atomic E-state index is 7.48. The van der Waals surface area contributed by atoms with Crippen molar-refractivity contribution in [3.63, 3.8) is 0 Å². The maximum atomic E-state index is 7.48. The fraction of sp³-hybridized carbons (Fsp3) is 0.0769. The highest BCUT2D eigenvalue weighted by atomic mass is 35.5. The fourth-order valence-corrected chi connectivity index (χ4v) is 2.50. The Bertz CT molecular complexity index is 554. The van der Waals surface area contributed by atoms with E-state index in [0.717, 1.165) is 21.2 Å². The molecule has 1 aromatic heterocycles. The van der Waals surface area contributed by atoms with Crippen LogP contribution in [0.4, 0.5) is 0 Å². The molecule has 18 heavy (non-hydrogen) atoms. The van der Waals surface area contributed by atoms with Gasteiger partial charge < -0.3 is 5.73 Å². The second-order valence-electron chi connectivity index (χ2n) is 3.67. The van der Waals surface area contributed by atoms with Gasteiger partial charge in [0.05, 0.1) is 0 Å². The number of nitrogen functional groups attached to an aromatic ring is 1. The Balaban J connectivity index is 2.10. The van der Waals surface area contributed by atoms with Gasteiger partial charge in [0.2, 0.25) is 0 Å². The smallest absolute Gasteiger partial charge is 0.142 e. The molecule has 1 aromatic carbocycles. The number of thioether (sulfide) groups is 1. The minimum absolute atomic E-state index is 0.00214. The molecule has 0 fully saturated rings. The molecule has 0 saturated heterocycles. The standard InChI is InChI=1S/C13H12ClN3S/c14-10-3-5-11(6-4-10)18-8-9-2-1-7-17-12(9)13(15)16/h1-7H,8H2,(H3,15,16). The van der Waals surface area contributed by atoms with Gasteiger partial charge in [0.25, 0.3) is 0 Å². The molecule has 0 amide bonds. The maximum Gasteiger partial charge on any atom is 0.142 e. The summed E-state index contributed by atoms with van der Waals surface area (Å²) in [4.78, 5) is 5.24. The van der Waals surface area contributed by atoms with Crippen molar-refractivity contribution in [2.75, 3.05) is 0 Å². The molecule has 0 saturated carbocycles. The zero-order valence-electron chi connectivity index (χ0n) is 9.56. The van der Waals surface area contributed by atoms with E-state index in [4.69, 9.17) is 22.7 Å². The van der Waals surface area contributed by atoms with Crippen LogP contribution in [0.1, 0.15) is 11.3 Å². The van der Waals surface area contributed by atoms with Crippen LogP contribution in [0.15, 0.2) is 47.5 Å². The quantitative estimate of drug-likeness (QED) is 0.512. The van der Waals surface area contributed by atoms with Gasteiger partial charge in [0.1, 0.15) is 11.5 Å². The molecule has 3 N–H and O–H groups in total. The number of hydrogen-bond donors (Lipinski definition) is 2. The molecule has 2 rings (SSSR count). The number of benzene rings is 1. The van der Waals surface area contributed by atoms with E-state index < -0.39 is 0 Å². The van der Waals surface area contributed by atoms with E-state index in [1.165, 1.54) is 0 Å². The Morgan fingerprint density at radius 1 is 1.28 bits per heavy atom. The first kappa shape index (κ1) is 12.9. The van der Waals surface area contributed by atoms with Crippen LogP contribution in [-0.4, -0.2) is 10.8 Å². The Labute approximate surface area is 115 Å². The van der Waals surface area contributed by atoms with Crippen molar-refractivity contribution in [3.8, 4) is 0 Å². The predicted molar refractivity (Wildman–Crippen MR) is 76.3 cm³/mol. The Kier molecular flexibility index (Phi) is 4.23. The molecule has 1 heterocycles. The van der Waals surface area contributed by atoms with Crippen LogP contribution in [0.25, 0.3) is 0 Å². The molecule has 0 atom stereocenters. The SMILES string of the molecule is N=C(N)c1ncccc1CSc1ccc(Cl)cc1. The van der Waals surface area contributed by atoms with E-state index in [2.05, 4.69) is 4.98 Å². The van der Waals surface area contributed by atoms with Gasteiger partial charge in [-0.25, -0.2) is 0 Å². The number of rotatable bonds is 4. The number of nitrogens with zero attached hydrogens (tertiary/aromatic N) is 1. The molecular weight excluding hydrogens is 266 g/mol. The summed E-state index contributed by atoms with van der Waals surface area (Å²) in [6.45, 7) is 0. The van der Waals surface area contributed by atoms with E-state index >= 15 is 0 Å². The molecule has 0 spiro atoms. The minimum Gasteiger partial charge on any atom is -0.382 e. The number of pyridine rings is 1. The second-order valence-corrected chi connectivity index (χ2v) is 5.15. The van der Waals surface area contributed by atoms with Gasteiger partial charge in [-0.2, -0.15) is 0 Å². The summed E-state index contributed by atoms with van der Waals surface area (Å²) in [5, 5.41) is 8.20. The van der Waals surface area contributed by atoms with E-state index in [1.807, 2.05) is 36.4 Å². The summed E-state index contributed by atoms with van der Waals surface area (Å²) in [5.41, 5.74) is 7.01. The predicted octanol–water partition coefficient (Wildman–Crippen LogP) is 3.31. The largest absolute Gasteiger partial charge is 0.382 e. The van der Waals surface area contributed by atoms with Crippen LogP contribution in [0, 0.1) is 5.41 Å². The third-order valence-electron chi connectivity index (χ3n) is 2.35. The molecule has 0 aliphatic rings. The van der Waals surface area contributed by atoms with Gasteiger partial charge in [0.15, 0.2) is 0 Å². The third-order valence-corrected chi connectivity index (χ3v) is 3.67. The fourth-order valence-electron chi connectivity index (χ4n) is 1.49. The van der Waals surface area contributed by atoms with Crippen LogP contribution in [0.5, 0.6) is 0 Å². The number of amidine groups is 1. The molecule has 3 nitrogen and oxygen atoms in total. The topological polar surface area (TPSA) is 62.8 Å². The monoisotopic (exact) mass is 277 g/mol. The van der Waals surface area contributed by atoms with E-state index in [9.17, 15) is 0 Å². The Hall–Kier alpha value is -1.52. The summed E-state index contributed by atoms with van der Waals surface area (Å²) in [7, 11) is 0.